The number of hydrogen-bond donors (Lipinski definition) is 2. The summed E-state index contributed by atoms with van der Waals surface area (Å²) in [6, 6.07) is 13.7. The second-order valence-corrected chi connectivity index (χ2v) is 7.13. The maximum atomic E-state index is 12.0. The van der Waals surface area contributed by atoms with Crippen molar-refractivity contribution in [2.45, 2.75) is 20.0 Å². The summed E-state index contributed by atoms with van der Waals surface area (Å²) < 4.78 is 10.9. The van der Waals surface area contributed by atoms with Crippen molar-refractivity contribution in [3.05, 3.63) is 64.7 Å². The van der Waals surface area contributed by atoms with Gasteiger partial charge in [0.2, 0.25) is 0 Å². The zero-order valence-electron chi connectivity index (χ0n) is 18.9. The number of guanidine groups is 1. The number of nitrogens with zero attached hydrogens (tertiary/aromatic N) is 2. The Morgan fingerprint density at radius 2 is 1.71 bits per heavy atom. The van der Waals surface area contributed by atoms with Crippen molar-refractivity contribution in [3.8, 4) is 5.75 Å². The van der Waals surface area contributed by atoms with E-state index in [1.165, 1.54) is 0 Å². The van der Waals surface area contributed by atoms with Crippen LogP contribution >= 0.6 is 24.0 Å². The van der Waals surface area contributed by atoms with E-state index in [9.17, 15) is 4.79 Å². The Balaban J connectivity index is 0.00000480. The third kappa shape index (κ3) is 8.74. The molecule has 8 heteroatoms. The summed E-state index contributed by atoms with van der Waals surface area (Å²) in [5, 5.41) is 6.61. The van der Waals surface area contributed by atoms with E-state index in [2.05, 4.69) is 27.8 Å². The predicted molar refractivity (Wildman–Crippen MR) is 135 cm³/mol. The van der Waals surface area contributed by atoms with Gasteiger partial charge in [0.05, 0.1) is 6.61 Å². The lowest BCUT2D eigenvalue weighted by molar-refractivity contribution is 0.0827. The van der Waals surface area contributed by atoms with E-state index in [1.54, 1.807) is 33.2 Å². The lowest BCUT2D eigenvalue weighted by atomic mass is 10.1. The van der Waals surface area contributed by atoms with Crippen LogP contribution in [0.2, 0.25) is 0 Å². The fourth-order valence-corrected chi connectivity index (χ4v) is 2.79. The minimum Gasteiger partial charge on any atom is -0.491 e. The van der Waals surface area contributed by atoms with Gasteiger partial charge in [-0.15, -0.1) is 24.0 Å². The molecule has 0 heterocycles. The van der Waals surface area contributed by atoms with Crippen LogP contribution in [0.1, 0.15) is 27.0 Å². The van der Waals surface area contributed by atoms with Gasteiger partial charge in [0.1, 0.15) is 12.4 Å². The van der Waals surface area contributed by atoms with Gasteiger partial charge in [-0.2, -0.15) is 0 Å². The molecule has 0 aliphatic rings. The first kappa shape index (κ1) is 26.7. The highest BCUT2D eigenvalue weighted by molar-refractivity contribution is 14.0. The second-order valence-electron chi connectivity index (χ2n) is 7.13. The molecule has 2 aromatic carbocycles. The third-order valence-electron chi connectivity index (χ3n) is 4.50. The van der Waals surface area contributed by atoms with Crippen LogP contribution in [-0.2, 0) is 17.8 Å². The minimum absolute atomic E-state index is 0. The summed E-state index contributed by atoms with van der Waals surface area (Å²) in [7, 11) is 6.88. The number of hydrogen-bond acceptors (Lipinski definition) is 4. The van der Waals surface area contributed by atoms with Gasteiger partial charge in [-0.25, -0.2) is 0 Å². The summed E-state index contributed by atoms with van der Waals surface area (Å²) in [5.41, 5.74) is 3.93. The normalized spacial score (nSPS) is 10.8. The molecule has 0 spiro atoms. The lowest BCUT2D eigenvalue weighted by Crippen LogP contribution is -2.36. The van der Waals surface area contributed by atoms with Crippen LogP contribution in [0.15, 0.2) is 47.5 Å². The van der Waals surface area contributed by atoms with Crippen LogP contribution in [0.5, 0.6) is 5.75 Å². The predicted octanol–water partition coefficient (Wildman–Crippen LogP) is 3.21. The van der Waals surface area contributed by atoms with Crippen LogP contribution in [0, 0.1) is 6.92 Å². The van der Waals surface area contributed by atoms with Crippen molar-refractivity contribution < 1.29 is 14.3 Å². The van der Waals surface area contributed by atoms with Gasteiger partial charge in [-0.05, 0) is 36.2 Å². The maximum Gasteiger partial charge on any atom is 0.253 e. The van der Waals surface area contributed by atoms with Gasteiger partial charge in [0, 0.05) is 52.5 Å². The molecule has 0 aliphatic heterocycles. The van der Waals surface area contributed by atoms with E-state index in [-0.39, 0.29) is 29.9 Å². The number of carbonyl (C=O) groups excluding carboxylic acids is 1. The number of aliphatic imine (C=N–C) groups is 1. The van der Waals surface area contributed by atoms with E-state index in [0.29, 0.717) is 37.8 Å². The number of aryl methyl sites for hydroxylation is 1. The molecule has 31 heavy (non-hydrogen) atoms. The second kappa shape index (κ2) is 13.9. The molecular weight excluding hydrogens is 507 g/mol. The Bertz CT molecular complexity index is 854. The number of ether oxygens (including phenoxy) is 2. The SMILES string of the molecule is CN=C(NCc1ccc(C(=O)N(C)C)cc1)NCc1ccc(C)cc1OCCOC.I. The summed E-state index contributed by atoms with van der Waals surface area (Å²) in [4.78, 5) is 17.8. The molecule has 0 saturated heterocycles. The van der Waals surface area contributed by atoms with Crippen molar-refractivity contribution in [2.24, 2.45) is 4.99 Å². The number of rotatable bonds is 9. The van der Waals surface area contributed by atoms with Gasteiger partial charge in [0.15, 0.2) is 5.96 Å². The molecule has 0 unspecified atom stereocenters. The lowest BCUT2D eigenvalue weighted by Gasteiger charge is -2.16. The van der Waals surface area contributed by atoms with E-state index in [0.717, 1.165) is 22.4 Å². The standard InChI is InChI=1S/C23H32N4O3.HI/c1-17-6-9-20(21(14-17)30-13-12-29-5)16-26-23(24-2)25-15-18-7-10-19(11-8-18)22(28)27(3)4;/h6-11,14H,12-13,15-16H2,1-5H3,(H2,24,25,26);1H. The van der Waals surface area contributed by atoms with Gasteiger partial charge in [0.25, 0.3) is 5.91 Å². The average Bonchev–Trinajstić information content (AvgIpc) is 2.75. The zero-order valence-corrected chi connectivity index (χ0v) is 21.2. The van der Waals surface area contributed by atoms with Crippen LogP contribution in [0.4, 0.5) is 0 Å². The molecular formula is C23H33IN4O3. The van der Waals surface area contributed by atoms with E-state index in [1.807, 2.05) is 37.3 Å². The number of amides is 1. The number of carbonyl (C=O) groups is 1. The van der Waals surface area contributed by atoms with Crippen molar-refractivity contribution in [2.75, 3.05) is 41.5 Å². The summed E-state index contributed by atoms with van der Waals surface area (Å²) in [6.45, 7) is 4.27. The Kier molecular flexibility index (Phi) is 11.9. The molecule has 2 N–H and O–H groups in total. The molecule has 0 aliphatic carbocycles. The van der Waals surface area contributed by atoms with Crippen LogP contribution in [0.25, 0.3) is 0 Å². The zero-order chi connectivity index (χ0) is 21.9. The van der Waals surface area contributed by atoms with Gasteiger partial charge >= 0.3 is 0 Å². The van der Waals surface area contributed by atoms with Gasteiger partial charge in [-0.3, -0.25) is 9.79 Å². The first-order chi connectivity index (χ1) is 14.4. The largest absolute Gasteiger partial charge is 0.491 e. The Labute approximate surface area is 202 Å². The number of benzene rings is 2. The van der Waals surface area contributed by atoms with Crippen LogP contribution < -0.4 is 15.4 Å². The number of halogens is 1. The average molecular weight is 540 g/mol. The summed E-state index contributed by atoms with van der Waals surface area (Å²) >= 11 is 0. The van der Waals surface area contributed by atoms with Crippen LogP contribution in [0.3, 0.4) is 0 Å². The van der Waals surface area contributed by atoms with E-state index >= 15 is 0 Å². The van der Waals surface area contributed by atoms with Crippen LogP contribution in [-0.4, -0.2) is 58.2 Å². The summed E-state index contributed by atoms with van der Waals surface area (Å²) in [5.74, 6) is 1.52. The van der Waals surface area contributed by atoms with Crippen molar-refractivity contribution in [1.29, 1.82) is 0 Å². The van der Waals surface area contributed by atoms with Gasteiger partial charge in [-0.1, -0.05) is 24.3 Å². The molecule has 0 radical (unpaired) electrons. The molecule has 0 aromatic heterocycles. The Morgan fingerprint density at radius 3 is 2.32 bits per heavy atom. The van der Waals surface area contributed by atoms with Gasteiger partial charge < -0.3 is 25.0 Å². The molecule has 1 amide bonds. The van der Waals surface area contributed by atoms with E-state index in [4.69, 9.17) is 9.47 Å². The molecule has 170 valence electrons. The smallest absolute Gasteiger partial charge is 0.253 e. The van der Waals surface area contributed by atoms with Crippen molar-refractivity contribution >= 4 is 35.8 Å². The molecule has 2 aromatic rings. The molecule has 2 rings (SSSR count). The number of nitrogens with one attached hydrogen (secondary N) is 2. The molecule has 0 bridgehead atoms. The topological polar surface area (TPSA) is 75.2 Å². The molecule has 0 fully saturated rings. The Hall–Kier alpha value is -2.33. The third-order valence-corrected chi connectivity index (χ3v) is 4.50. The molecule has 0 saturated carbocycles. The molecule has 7 nitrogen and oxygen atoms in total. The first-order valence-corrected chi connectivity index (χ1v) is 9.91. The quantitative estimate of drug-likeness (QED) is 0.221. The van der Waals surface area contributed by atoms with Crippen molar-refractivity contribution in [1.82, 2.24) is 15.5 Å². The van der Waals surface area contributed by atoms with E-state index < -0.39 is 0 Å². The maximum absolute atomic E-state index is 12.0. The highest BCUT2D eigenvalue weighted by atomic mass is 127. The number of methoxy groups -OCH3 is 1. The van der Waals surface area contributed by atoms with Crippen molar-refractivity contribution in [3.63, 3.8) is 0 Å². The fourth-order valence-electron chi connectivity index (χ4n) is 2.79. The summed E-state index contributed by atoms with van der Waals surface area (Å²) in [6.07, 6.45) is 0. The highest BCUT2D eigenvalue weighted by Crippen LogP contribution is 2.20. The first-order valence-electron chi connectivity index (χ1n) is 9.91. The fraction of sp³-hybridized carbons (Fsp3) is 0.391. The Morgan fingerprint density at radius 1 is 1.03 bits per heavy atom. The monoisotopic (exact) mass is 540 g/mol. The minimum atomic E-state index is -0.00592. The highest BCUT2D eigenvalue weighted by Gasteiger charge is 2.08. The molecule has 0 atom stereocenters.